The lowest BCUT2D eigenvalue weighted by Gasteiger charge is -2.04. The van der Waals surface area contributed by atoms with Gasteiger partial charge in [-0.15, -0.1) is 0 Å². The second-order valence-corrected chi connectivity index (χ2v) is 1.88. The molecule has 0 radical (unpaired) electrons. The Kier molecular flexibility index (Phi) is 4.76. The van der Waals surface area contributed by atoms with E-state index in [9.17, 15) is 4.79 Å². The van der Waals surface area contributed by atoms with E-state index in [1.807, 2.05) is 0 Å². The quantitative estimate of drug-likeness (QED) is 0.391. The van der Waals surface area contributed by atoms with Crippen molar-refractivity contribution in [2.45, 2.75) is 6.04 Å². The minimum atomic E-state index is -1.04. The smallest absolute Gasteiger partial charge is 0.322 e. The van der Waals surface area contributed by atoms with Gasteiger partial charge >= 0.3 is 5.97 Å². The van der Waals surface area contributed by atoms with Crippen molar-refractivity contribution in [2.75, 3.05) is 6.54 Å². The summed E-state index contributed by atoms with van der Waals surface area (Å²) in [5.41, 5.74) is 5.15. The second kappa shape index (κ2) is 5.43. The maximum Gasteiger partial charge on any atom is 0.322 e. The minimum absolute atomic E-state index is 0.166. The van der Waals surface area contributed by atoms with Gasteiger partial charge in [-0.25, -0.2) is 0 Å². The molecule has 5 nitrogen and oxygen atoms in total. The van der Waals surface area contributed by atoms with E-state index in [-0.39, 0.29) is 6.54 Å². The summed E-state index contributed by atoms with van der Waals surface area (Å²) in [4.78, 5) is 10.1. The Balaban J connectivity index is 3.46. The molecule has 0 aliphatic rings. The van der Waals surface area contributed by atoms with Crippen LogP contribution in [0, 0.1) is 5.41 Å². The van der Waals surface area contributed by atoms with Crippen LogP contribution in [0.1, 0.15) is 0 Å². The van der Waals surface area contributed by atoms with Gasteiger partial charge < -0.3 is 21.6 Å². The molecule has 0 saturated heterocycles. The number of rotatable bonds is 5. The van der Waals surface area contributed by atoms with Crippen LogP contribution in [-0.4, -0.2) is 29.9 Å². The Bertz CT molecular complexity index is 167. The van der Waals surface area contributed by atoms with E-state index in [2.05, 4.69) is 5.32 Å². The Morgan fingerprint density at radius 3 is 2.91 bits per heavy atom. The third-order valence-electron chi connectivity index (χ3n) is 0.965. The largest absolute Gasteiger partial charge is 0.480 e. The zero-order chi connectivity index (χ0) is 8.69. The van der Waals surface area contributed by atoms with E-state index in [4.69, 9.17) is 16.2 Å². The molecule has 0 heterocycles. The molecule has 0 aromatic carbocycles. The number of allylic oxidation sites excluding steroid dienone is 1. The number of hydrogen-bond donors (Lipinski definition) is 4. The molecule has 0 amide bonds. The maximum absolute atomic E-state index is 10.1. The van der Waals surface area contributed by atoms with Gasteiger partial charge in [-0.1, -0.05) is 0 Å². The molecule has 0 saturated carbocycles. The topological polar surface area (TPSA) is 99.2 Å². The molecule has 11 heavy (non-hydrogen) atoms. The van der Waals surface area contributed by atoms with Gasteiger partial charge in [-0.05, 0) is 12.3 Å². The lowest BCUT2D eigenvalue weighted by molar-refractivity contribution is -0.138. The summed E-state index contributed by atoms with van der Waals surface area (Å²) < 4.78 is 0. The molecule has 0 aromatic heterocycles. The molecule has 0 aliphatic heterocycles. The fourth-order valence-corrected chi connectivity index (χ4v) is 0.398. The van der Waals surface area contributed by atoms with Crippen molar-refractivity contribution >= 4 is 12.2 Å². The molecule has 0 aromatic rings. The Hall–Kier alpha value is -1.36. The molecule has 0 fully saturated rings. The van der Waals surface area contributed by atoms with Crippen LogP contribution in [-0.2, 0) is 4.79 Å². The van der Waals surface area contributed by atoms with Gasteiger partial charge in [0.25, 0.3) is 0 Å². The number of carboxylic acid groups (broad SMARTS) is 1. The fourth-order valence-electron chi connectivity index (χ4n) is 0.398. The first kappa shape index (κ1) is 9.64. The first-order chi connectivity index (χ1) is 5.18. The molecular formula is C6H11N3O2. The zero-order valence-electron chi connectivity index (χ0n) is 5.95. The lowest BCUT2D eigenvalue weighted by atomic mass is 10.3. The summed E-state index contributed by atoms with van der Waals surface area (Å²) in [5, 5.41) is 17.5. The van der Waals surface area contributed by atoms with Crippen LogP contribution < -0.4 is 11.1 Å². The van der Waals surface area contributed by atoms with Crippen LogP contribution in [0.4, 0.5) is 0 Å². The number of hydrogen-bond acceptors (Lipinski definition) is 4. The van der Waals surface area contributed by atoms with Gasteiger partial charge in [0.05, 0.1) is 0 Å². The van der Waals surface area contributed by atoms with Crippen LogP contribution in [0.5, 0.6) is 0 Å². The highest BCUT2D eigenvalue weighted by molar-refractivity contribution is 5.73. The summed E-state index contributed by atoms with van der Waals surface area (Å²) in [6.45, 7) is 0.166. The van der Waals surface area contributed by atoms with Crippen molar-refractivity contribution in [1.82, 2.24) is 5.32 Å². The van der Waals surface area contributed by atoms with Gasteiger partial charge in [0.15, 0.2) is 0 Å². The van der Waals surface area contributed by atoms with Crippen LogP contribution in [0.15, 0.2) is 12.3 Å². The molecule has 0 bridgehead atoms. The van der Waals surface area contributed by atoms with E-state index in [0.29, 0.717) is 0 Å². The van der Waals surface area contributed by atoms with Crippen molar-refractivity contribution in [2.24, 2.45) is 5.73 Å². The van der Waals surface area contributed by atoms with Crippen molar-refractivity contribution in [3.8, 4) is 0 Å². The maximum atomic E-state index is 10.1. The molecule has 1 atom stereocenters. The molecule has 0 rings (SSSR count). The number of nitrogens with one attached hydrogen (secondary N) is 2. The van der Waals surface area contributed by atoms with E-state index >= 15 is 0 Å². The highest BCUT2D eigenvalue weighted by atomic mass is 16.4. The van der Waals surface area contributed by atoms with E-state index in [1.165, 1.54) is 12.3 Å². The molecular weight excluding hydrogens is 146 g/mol. The number of aliphatic carboxylic acids is 1. The predicted molar refractivity (Wildman–Crippen MR) is 41.5 cm³/mol. The van der Waals surface area contributed by atoms with Crippen LogP contribution in [0.2, 0.25) is 0 Å². The molecule has 0 spiro atoms. The monoisotopic (exact) mass is 157 g/mol. The molecule has 0 aliphatic carbocycles. The van der Waals surface area contributed by atoms with Crippen molar-refractivity contribution < 1.29 is 9.90 Å². The summed E-state index contributed by atoms with van der Waals surface area (Å²) >= 11 is 0. The normalized spacial score (nSPS) is 12.8. The zero-order valence-corrected chi connectivity index (χ0v) is 5.95. The molecule has 5 N–H and O–H groups in total. The molecule has 5 heteroatoms. The standard InChI is InChI=1S/C6H11N3O2/c7-2-1-3-9-4-5(8)6(10)11/h1-3,5,7,9H,4,8H2,(H,10,11)/b3-1-,7-2?. The first-order valence-electron chi connectivity index (χ1n) is 3.06. The van der Waals surface area contributed by atoms with Crippen molar-refractivity contribution in [1.29, 1.82) is 5.41 Å². The Morgan fingerprint density at radius 1 is 1.82 bits per heavy atom. The number of nitrogens with two attached hydrogens (primary N) is 1. The highest BCUT2D eigenvalue weighted by Crippen LogP contribution is 1.74. The van der Waals surface area contributed by atoms with Gasteiger partial charge in [-0.3, -0.25) is 4.79 Å². The lowest BCUT2D eigenvalue weighted by Crippen LogP contribution is -2.38. The fraction of sp³-hybridized carbons (Fsp3) is 0.333. The van der Waals surface area contributed by atoms with Gasteiger partial charge in [-0.2, -0.15) is 0 Å². The van der Waals surface area contributed by atoms with E-state index in [0.717, 1.165) is 6.21 Å². The molecule has 1 unspecified atom stereocenters. The minimum Gasteiger partial charge on any atom is -0.480 e. The van der Waals surface area contributed by atoms with Crippen LogP contribution in [0.3, 0.4) is 0 Å². The average molecular weight is 157 g/mol. The van der Waals surface area contributed by atoms with Crippen molar-refractivity contribution in [3.63, 3.8) is 0 Å². The Morgan fingerprint density at radius 2 is 2.45 bits per heavy atom. The Labute approximate surface area is 64.4 Å². The van der Waals surface area contributed by atoms with E-state index < -0.39 is 12.0 Å². The average Bonchev–Trinajstić information content (AvgIpc) is 1.97. The number of carboxylic acids is 1. The third kappa shape index (κ3) is 5.10. The first-order valence-corrected chi connectivity index (χ1v) is 3.06. The van der Waals surface area contributed by atoms with Crippen LogP contribution in [0.25, 0.3) is 0 Å². The third-order valence-corrected chi connectivity index (χ3v) is 0.965. The highest BCUT2D eigenvalue weighted by Gasteiger charge is 2.08. The van der Waals surface area contributed by atoms with Gasteiger partial charge in [0, 0.05) is 12.8 Å². The van der Waals surface area contributed by atoms with Crippen molar-refractivity contribution in [3.05, 3.63) is 12.3 Å². The van der Waals surface area contributed by atoms with Gasteiger partial charge in [0.1, 0.15) is 6.04 Å². The second-order valence-electron chi connectivity index (χ2n) is 1.88. The SMILES string of the molecule is N=C/C=C\NCC(N)C(=O)O. The summed E-state index contributed by atoms with van der Waals surface area (Å²) in [6.07, 6.45) is 3.99. The molecule has 62 valence electrons. The van der Waals surface area contributed by atoms with Gasteiger partial charge in [0.2, 0.25) is 0 Å². The summed E-state index contributed by atoms with van der Waals surface area (Å²) in [6, 6.07) is -0.898. The predicted octanol–water partition coefficient (Wildman–Crippen LogP) is -0.849. The van der Waals surface area contributed by atoms with Crippen LogP contribution >= 0.6 is 0 Å². The van der Waals surface area contributed by atoms with E-state index in [1.54, 1.807) is 0 Å². The number of carbonyl (C=O) groups is 1. The summed E-state index contributed by atoms with van der Waals surface area (Å²) in [5.74, 6) is -1.04. The summed E-state index contributed by atoms with van der Waals surface area (Å²) in [7, 11) is 0.